The Kier molecular flexibility index (Phi) is 4.07. The number of amides is 3. The third-order valence-corrected chi connectivity index (χ3v) is 3.68. The second-order valence-corrected chi connectivity index (χ2v) is 5.23. The van der Waals surface area contributed by atoms with Gasteiger partial charge in [-0.3, -0.25) is 19.3 Å². The average molecular weight is 330 g/mol. The summed E-state index contributed by atoms with van der Waals surface area (Å²) in [6.45, 7) is -0.636. The Morgan fingerprint density at radius 3 is 2.38 bits per heavy atom. The van der Waals surface area contributed by atoms with Gasteiger partial charge in [0, 0.05) is 12.1 Å². The molecule has 1 aliphatic rings. The van der Waals surface area contributed by atoms with Crippen LogP contribution >= 0.6 is 0 Å². The van der Waals surface area contributed by atoms with E-state index in [0.29, 0.717) is 4.90 Å². The lowest BCUT2D eigenvalue weighted by Crippen LogP contribution is -2.40. The zero-order chi connectivity index (χ0) is 17.3. The molecule has 1 aliphatic heterocycles. The smallest absolute Gasteiger partial charge is 0.265 e. The number of carbonyl (C=O) groups excluding carboxylic acids is 3. The van der Waals surface area contributed by atoms with E-state index in [1.807, 2.05) is 0 Å². The van der Waals surface area contributed by atoms with Gasteiger partial charge in [-0.1, -0.05) is 24.3 Å². The summed E-state index contributed by atoms with van der Waals surface area (Å²) in [7, 11) is 0. The first-order valence-corrected chi connectivity index (χ1v) is 7.14. The average Bonchev–Trinajstić information content (AvgIpc) is 2.80. The van der Waals surface area contributed by atoms with Crippen molar-refractivity contribution in [2.45, 2.75) is 6.54 Å². The van der Waals surface area contributed by atoms with Crippen LogP contribution in [0.4, 0.5) is 8.78 Å². The first kappa shape index (κ1) is 15.8. The number of carbonyl (C=O) groups is 3. The highest BCUT2D eigenvalue weighted by atomic mass is 19.1. The summed E-state index contributed by atoms with van der Waals surface area (Å²) in [6.07, 6.45) is 0. The summed E-state index contributed by atoms with van der Waals surface area (Å²) in [6, 6.07) is 9.63. The molecule has 1 N–H and O–H groups in total. The predicted molar refractivity (Wildman–Crippen MR) is 80.0 cm³/mol. The van der Waals surface area contributed by atoms with E-state index in [-0.39, 0.29) is 23.2 Å². The fourth-order valence-corrected chi connectivity index (χ4v) is 2.47. The number of nitrogens with zero attached hydrogens (tertiary/aromatic N) is 1. The molecular weight excluding hydrogens is 318 g/mol. The van der Waals surface area contributed by atoms with Gasteiger partial charge in [-0.15, -0.1) is 0 Å². The minimum absolute atomic E-state index is 0.0677. The van der Waals surface area contributed by atoms with Gasteiger partial charge >= 0.3 is 0 Å². The van der Waals surface area contributed by atoms with Gasteiger partial charge in [-0.2, -0.15) is 0 Å². The van der Waals surface area contributed by atoms with Gasteiger partial charge in [0.15, 0.2) is 0 Å². The van der Waals surface area contributed by atoms with Crippen LogP contribution in [0.1, 0.15) is 26.3 Å². The molecule has 0 unspecified atom stereocenters. The van der Waals surface area contributed by atoms with Crippen molar-refractivity contribution in [3.05, 3.63) is 70.8 Å². The van der Waals surface area contributed by atoms with Crippen molar-refractivity contribution in [3.63, 3.8) is 0 Å². The Hall–Kier alpha value is -3.09. The van der Waals surface area contributed by atoms with Crippen LogP contribution in [0.15, 0.2) is 42.5 Å². The molecule has 24 heavy (non-hydrogen) atoms. The van der Waals surface area contributed by atoms with Crippen LogP contribution in [0.5, 0.6) is 0 Å². The normalized spacial score (nSPS) is 13.2. The van der Waals surface area contributed by atoms with Crippen LogP contribution in [0, 0.1) is 11.6 Å². The number of halogens is 2. The highest BCUT2D eigenvalue weighted by Crippen LogP contribution is 2.24. The van der Waals surface area contributed by atoms with E-state index in [0.717, 1.165) is 6.07 Å². The number of nitrogens with one attached hydrogen (secondary N) is 1. The maximum absolute atomic E-state index is 13.7. The zero-order valence-electron chi connectivity index (χ0n) is 12.4. The van der Waals surface area contributed by atoms with Crippen LogP contribution < -0.4 is 5.32 Å². The topological polar surface area (TPSA) is 66.5 Å². The number of fused-ring (bicyclic) bond motifs is 1. The summed E-state index contributed by atoms with van der Waals surface area (Å²) >= 11 is 0. The van der Waals surface area contributed by atoms with E-state index in [4.69, 9.17) is 0 Å². The number of hydrogen-bond donors (Lipinski definition) is 1. The number of benzene rings is 2. The lowest BCUT2D eigenvalue weighted by molar-refractivity contribution is -0.121. The molecule has 0 spiro atoms. The summed E-state index contributed by atoms with van der Waals surface area (Å²) in [5.41, 5.74) is -0.120. The molecule has 7 heteroatoms. The predicted octanol–water partition coefficient (Wildman–Crippen LogP) is 1.88. The summed E-state index contributed by atoms with van der Waals surface area (Å²) in [5.74, 6) is -3.50. The quantitative estimate of drug-likeness (QED) is 0.871. The van der Waals surface area contributed by atoms with Crippen molar-refractivity contribution in [1.29, 1.82) is 0 Å². The van der Waals surface area contributed by atoms with E-state index in [1.165, 1.54) is 30.3 Å². The van der Waals surface area contributed by atoms with Gasteiger partial charge in [0.25, 0.3) is 11.8 Å². The van der Waals surface area contributed by atoms with Crippen LogP contribution in [0.3, 0.4) is 0 Å². The molecule has 0 bridgehead atoms. The Bertz CT molecular complexity index is 851. The maximum atomic E-state index is 13.7. The van der Waals surface area contributed by atoms with Gasteiger partial charge in [-0.05, 0) is 18.2 Å². The number of hydrogen-bond acceptors (Lipinski definition) is 3. The molecule has 0 fully saturated rings. The Balaban J connectivity index is 1.68. The molecule has 1 heterocycles. The van der Waals surface area contributed by atoms with Crippen molar-refractivity contribution in [2.75, 3.05) is 6.54 Å². The largest absolute Gasteiger partial charge is 0.350 e. The van der Waals surface area contributed by atoms with Crippen molar-refractivity contribution in [2.24, 2.45) is 0 Å². The van der Waals surface area contributed by atoms with E-state index >= 15 is 0 Å². The molecule has 0 aliphatic carbocycles. The van der Waals surface area contributed by atoms with E-state index in [9.17, 15) is 23.2 Å². The third-order valence-electron chi connectivity index (χ3n) is 3.68. The van der Waals surface area contributed by atoms with Crippen molar-refractivity contribution in [3.8, 4) is 0 Å². The lowest BCUT2D eigenvalue weighted by Gasteiger charge is -2.13. The standard InChI is InChI=1S/C17H12F2N2O3/c18-12-6-2-1-4-10(12)8-20-14(22)9-21-16(23)11-5-3-7-13(19)15(11)17(21)24/h1-7H,8-9H2,(H,20,22). The van der Waals surface area contributed by atoms with Gasteiger partial charge < -0.3 is 5.32 Å². The Labute approximate surface area is 135 Å². The van der Waals surface area contributed by atoms with Gasteiger partial charge in [-0.25, -0.2) is 8.78 Å². The second-order valence-electron chi connectivity index (χ2n) is 5.23. The maximum Gasteiger partial charge on any atom is 0.265 e. The molecule has 3 amide bonds. The van der Waals surface area contributed by atoms with Crippen LogP contribution in [0.2, 0.25) is 0 Å². The Morgan fingerprint density at radius 1 is 0.958 bits per heavy atom. The fraction of sp³-hybridized carbons (Fsp3) is 0.118. The van der Waals surface area contributed by atoms with Gasteiger partial charge in [0.2, 0.25) is 5.91 Å². The molecular formula is C17H12F2N2O3. The third kappa shape index (κ3) is 2.76. The SMILES string of the molecule is O=C(CN1C(=O)c2cccc(F)c2C1=O)NCc1ccccc1F. The molecule has 122 valence electrons. The van der Waals surface area contributed by atoms with E-state index < -0.39 is 35.9 Å². The second kappa shape index (κ2) is 6.19. The molecule has 0 saturated carbocycles. The number of imide groups is 1. The molecule has 0 saturated heterocycles. The minimum Gasteiger partial charge on any atom is -0.350 e. The van der Waals surface area contributed by atoms with Crippen molar-refractivity contribution in [1.82, 2.24) is 10.2 Å². The molecule has 2 aromatic carbocycles. The fourth-order valence-electron chi connectivity index (χ4n) is 2.47. The summed E-state index contributed by atoms with van der Waals surface area (Å²) in [5, 5.41) is 2.43. The van der Waals surface area contributed by atoms with Crippen LogP contribution in [-0.4, -0.2) is 29.2 Å². The molecule has 0 aromatic heterocycles. The molecule has 0 atom stereocenters. The Morgan fingerprint density at radius 2 is 1.67 bits per heavy atom. The van der Waals surface area contributed by atoms with E-state index in [1.54, 1.807) is 6.07 Å². The molecule has 5 nitrogen and oxygen atoms in total. The van der Waals surface area contributed by atoms with Crippen LogP contribution in [0.25, 0.3) is 0 Å². The van der Waals surface area contributed by atoms with Gasteiger partial charge in [0.1, 0.15) is 18.2 Å². The molecule has 3 rings (SSSR count). The van der Waals surface area contributed by atoms with Crippen molar-refractivity contribution >= 4 is 17.7 Å². The number of rotatable bonds is 4. The highest BCUT2D eigenvalue weighted by molar-refractivity contribution is 6.22. The van der Waals surface area contributed by atoms with E-state index in [2.05, 4.69) is 5.32 Å². The first-order valence-electron chi connectivity index (χ1n) is 7.14. The summed E-state index contributed by atoms with van der Waals surface area (Å²) in [4.78, 5) is 36.8. The first-order chi connectivity index (χ1) is 11.5. The molecule has 0 radical (unpaired) electrons. The lowest BCUT2D eigenvalue weighted by atomic mass is 10.1. The minimum atomic E-state index is -0.853. The summed E-state index contributed by atoms with van der Waals surface area (Å²) < 4.78 is 27.2. The monoisotopic (exact) mass is 330 g/mol. The van der Waals surface area contributed by atoms with Gasteiger partial charge in [0.05, 0.1) is 11.1 Å². The van der Waals surface area contributed by atoms with Crippen molar-refractivity contribution < 1.29 is 23.2 Å². The zero-order valence-corrected chi connectivity index (χ0v) is 12.4. The molecule has 2 aromatic rings. The van der Waals surface area contributed by atoms with Crippen LogP contribution in [-0.2, 0) is 11.3 Å². The highest BCUT2D eigenvalue weighted by Gasteiger charge is 2.38.